The molecule has 0 spiro atoms. The van der Waals surface area contributed by atoms with Gasteiger partial charge in [-0.1, -0.05) is 29.3 Å². The molecule has 0 bridgehead atoms. The highest BCUT2D eigenvalue weighted by molar-refractivity contribution is 6.43. The first-order valence-electron chi connectivity index (χ1n) is 6.61. The maximum Gasteiger partial charge on any atom is 0.224 e. The number of piperidine rings is 1. The highest BCUT2D eigenvalue weighted by Gasteiger charge is 2.15. The van der Waals surface area contributed by atoms with Crippen LogP contribution in [0, 0.1) is 5.92 Å². The number of carbonyl (C=O) groups is 1. The van der Waals surface area contributed by atoms with Crippen LogP contribution in [0.4, 0.5) is 5.69 Å². The van der Waals surface area contributed by atoms with Crippen molar-refractivity contribution in [3.05, 3.63) is 28.2 Å². The van der Waals surface area contributed by atoms with Crippen LogP contribution in [-0.4, -0.2) is 19.0 Å². The molecule has 1 fully saturated rings. The topological polar surface area (TPSA) is 41.1 Å². The van der Waals surface area contributed by atoms with E-state index in [0.717, 1.165) is 19.5 Å². The van der Waals surface area contributed by atoms with Gasteiger partial charge in [0.1, 0.15) is 0 Å². The van der Waals surface area contributed by atoms with E-state index in [9.17, 15) is 4.79 Å². The second-order valence-electron chi connectivity index (χ2n) is 4.90. The summed E-state index contributed by atoms with van der Waals surface area (Å²) in [7, 11) is 0. The van der Waals surface area contributed by atoms with Crippen molar-refractivity contribution in [2.75, 3.05) is 18.4 Å². The molecule has 0 saturated carbocycles. The molecular formula is C14H18Cl2N2O. The number of halogens is 2. The van der Waals surface area contributed by atoms with Gasteiger partial charge in [-0.25, -0.2) is 0 Å². The molecule has 2 rings (SSSR count). The maximum atomic E-state index is 11.9. The van der Waals surface area contributed by atoms with E-state index in [1.807, 2.05) is 0 Å². The summed E-state index contributed by atoms with van der Waals surface area (Å²) in [6.07, 6.45) is 3.84. The van der Waals surface area contributed by atoms with E-state index in [4.69, 9.17) is 23.2 Å². The Bertz CT molecular complexity index is 445. The Labute approximate surface area is 123 Å². The monoisotopic (exact) mass is 300 g/mol. The van der Waals surface area contributed by atoms with Gasteiger partial charge < -0.3 is 10.6 Å². The average Bonchev–Trinajstić information content (AvgIpc) is 2.43. The Balaban J connectivity index is 1.82. The first-order chi connectivity index (χ1) is 9.16. The highest BCUT2D eigenvalue weighted by Crippen LogP contribution is 2.29. The number of benzene rings is 1. The highest BCUT2D eigenvalue weighted by atomic mass is 35.5. The van der Waals surface area contributed by atoms with Gasteiger partial charge in [0.2, 0.25) is 5.91 Å². The van der Waals surface area contributed by atoms with Gasteiger partial charge in [0.05, 0.1) is 15.7 Å². The third-order valence-electron chi connectivity index (χ3n) is 3.40. The van der Waals surface area contributed by atoms with Crippen LogP contribution in [0.25, 0.3) is 0 Å². The molecule has 19 heavy (non-hydrogen) atoms. The fourth-order valence-corrected chi connectivity index (χ4v) is 2.67. The molecule has 1 unspecified atom stereocenters. The van der Waals surface area contributed by atoms with Crippen LogP contribution in [0.15, 0.2) is 18.2 Å². The zero-order valence-electron chi connectivity index (χ0n) is 10.7. The Morgan fingerprint density at radius 3 is 3.00 bits per heavy atom. The zero-order valence-corrected chi connectivity index (χ0v) is 12.2. The molecule has 5 heteroatoms. The lowest BCUT2D eigenvalue weighted by Crippen LogP contribution is -2.30. The molecule has 1 saturated heterocycles. The quantitative estimate of drug-likeness (QED) is 0.890. The summed E-state index contributed by atoms with van der Waals surface area (Å²) in [5, 5.41) is 7.02. The normalized spacial score (nSPS) is 19.2. The molecule has 1 aliphatic rings. The van der Waals surface area contributed by atoms with Crippen LogP contribution in [0.2, 0.25) is 10.0 Å². The molecule has 1 aromatic carbocycles. The molecule has 1 aliphatic heterocycles. The van der Waals surface area contributed by atoms with E-state index in [-0.39, 0.29) is 5.91 Å². The summed E-state index contributed by atoms with van der Waals surface area (Å²) < 4.78 is 0. The van der Waals surface area contributed by atoms with Crippen molar-refractivity contribution >= 4 is 34.8 Å². The van der Waals surface area contributed by atoms with Gasteiger partial charge in [-0.15, -0.1) is 0 Å². The van der Waals surface area contributed by atoms with E-state index < -0.39 is 0 Å². The molecule has 1 atom stereocenters. The predicted molar refractivity (Wildman–Crippen MR) is 79.9 cm³/mol. The van der Waals surface area contributed by atoms with E-state index in [1.165, 1.54) is 12.8 Å². The summed E-state index contributed by atoms with van der Waals surface area (Å²) in [4.78, 5) is 11.9. The number of amides is 1. The van der Waals surface area contributed by atoms with Gasteiger partial charge in [0.15, 0.2) is 0 Å². The molecule has 104 valence electrons. The average molecular weight is 301 g/mol. The number of hydrogen-bond acceptors (Lipinski definition) is 2. The van der Waals surface area contributed by atoms with Gasteiger partial charge in [0.25, 0.3) is 0 Å². The molecular weight excluding hydrogens is 283 g/mol. The minimum absolute atomic E-state index is 0.00487. The third kappa shape index (κ3) is 4.37. The number of nitrogens with one attached hydrogen (secondary N) is 2. The lowest BCUT2D eigenvalue weighted by atomic mass is 9.94. The lowest BCUT2D eigenvalue weighted by Gasteiger charge is -2.22. The van der Waals surface area contributed by atoms with E-state index in [2.05, 4.69) is 10.6 Å². The van der Waals surface area contributed by atoms with Crippen molar-refractivity contribution < 1.29 is 4.79 Å². The SMILES string of the molecule is O=C(CCC1CCCNC1)Nc1cccc(Cl)c1Cl. The lowest BCUT2D eigenvalue weighted by molar-refractivity contribution is -0.116. The van der Waals surface area contributed by atoms with Crippen LogP contribution < -0.4 is 10.6 Å². The second kappa shape index (κ2) is 7.13. The fraction of sp³-hybridized carbons (Fsp3) is 0.500. The Morgan fingerprint density at radius 2 is 2.26 bits per heavy atom. The minimum atomic E-state index is -0.00487. The fourth-order valence-electron chi connectivity index (χ4n) is 2.32. The van der Waals surface area contributed by atoms with E-state index in [0.29, 0.717) is 28.1 Å². The zero-order chi connectivity index (χ0) is 13.7. The van der Waals surface area contributed by atoms with Crippen molar-refractivity contribution in [1.82, 2.24) is 5.32 Å². The standard InChI is InChI=1S/C14H18Cl2N2O/c15-11-4-1-5-12(14(11)16)18-13(19)7-6-10-3-2-8-17-9-10/h1,4-5,10,17H,2-3,6-9H2,(H,18,19). The van der Waals surface area contributed by atoms with Crippen LogP contribution in [-0.2, 0) is 4.79 Å². The smallest absolute Gasteiger partial charge is 0.224 e. The van der Waals surface area contributed by atoms with Crippen molar-refractivity contribution in [3.63, 3.8) is 0 Å². The molecule has 0 radical (unpaired) electrons. The van der Waals surface area contributed by atoms with Crippen LogP contribution in [0.5, 0.6) is 0 Å². The molecule has 3 nitrogen and oxygen atoms in total. The second-order valence-corrected chi connectivity index (χ2v) is 5.69. The van der Waals surface area contributed by atoms with Crippen LogP contribution in [0.1, 0.15) is 25.7 Å². The molecule has 1 amide bonds. The molecule has 0 aromatic heterocycles. The Hall–Kier alpha value is -0.770. The first kappa shape index (κ1) is 14.6. The number of anilines is 1. The number of carbonyl (C=O) groups excluding carboxylic acids is 1. The van der Waals surface area contributed by atoms with Crippen molar-refractivity contribution in [1.29, 1.82) is 0 Å². The molecule has 2 N–H and O–H groups in total. The van der Waals surface area contributed by atoms with E-state index >= 15 is 0 Å². The first-order valence-corrected chi connectivity index (χ1v) is 7.37. The maximum absolute atomic E-state index is 11.9. The Kier molecular flexibility index (Phi) is 5.49. The summed E-state index contributed by atoms with van der Waals surface area (Å²) in [5.74, 6) is 0.601. The number of rotatable bonds is 4. The molecule has 1 heterocycles. The Morgan fingerprint density at radius 1 is 1.42 bits per heavy atom. The number of hydrogen-bond donors (Lipinski definition) is 2. The van der Waals surface area contributed by atoms with Gasteiger partial charge in [0, 0.05) is 6.42 Å². The largest absolute Gasteiger partial charge is 0.325 e. The molecule has 0 aliphatic carbocycles. The van der Waals surface area contributed by atoms with Crippen molar-refractivity contribution in [2.24, 2.45) is 5.92 Å². The van der Waals surface area contributed by atoms with Gasteiger partial charge in [-0.2, -0.15) is 0 Å². The van der Waals surface area contributed by atoms with E-state index in [1.54, 1.807) is 18.2 Å². The summed E-state index contributed by atoms with van der Waals surface area (Å²) >= 11 is 11.9. The van der Waals surface area contributed by atoms with Gasteiger partial charge >= 0.3 is 0 Å². The summed E-state index contributed by atoms with van der Waals surface area (Å²) in [5.41, 5.74) is 0.584. The van der Waals surface area contributed by atoms with Gasteiger partial charge in [-0.3, -0.25) is 4.79 Å². The summed E-state index contributed by atoms with van der Waals surface area (Å²) in [6.45, 7) is 2.12. The van der Waals surface area contributed by atoms with Gasteiger partial charge in [-0.05, 0) is 50.4 Å². The van der Waals surface area contributed by atoms with Crippen LogP contribution >= 0.6 is 23.2 Å². The van der Waals surface area contributed by atoms with Crippen molar-refractivity contribution in [2.45, 2.75) is 25.7 Å². The minimum Gasteiger partial charge on any atom is -0.325 e. The summed E-state index contributed by atoms with van der Waals surface area (Å²) in [6, 6.07) is 5.23. The third-order valence-corrected chi connectivity index (χ3v) is 4.22. The van der Waals surface area contributed by atoms with Crippen LogP contribution in [0.3, 0.4) is 0 Å². The van der Waals surface area contributed by atoms with Crippen molar-refractivity contribution in [3.8, 4) is 0 Å². The molecule has 1 aromatic rings. The predicted octanol–water partition coefficient (Wildman–Crippen LogP) is 3.71.